The molecule has 3 aliphatic rings. The number of hydrogen-bond acceptors (Lipinski definition) is 8. The van der Waals surface area contributed by atoms with E-state index in [0.29, 0.717) is 56.8 Å². The first kappa shape index (κ1) is 25.9. The van der Waals surface area contributed by atoms with Crippen molar-refractivity contribution in [1.29, 1.82) is 0 Å². The predicted octanol–water partition coefficient (Wildman–Crippen LogP) is 2.43. The number of nitrogens with one attached hydrogen (secondary N) is 1. The minimum atomic E-state index is -3.20. The molecular weight excluding hydrogens is 520 g/mol. The van der Waals surface area contributed by atoms with E-state index in [2.05, 4.69) is 19.8 Å². The van der Waals surface area contributed by atoms with Crippen LogP contribution in [0.4, 0.5) is 5.69 Å². The lowest BCUT2D eigenvalue weighted by Crippen LogP contribution is -2.48. The van der Waals surface area contributed by atoms with E-state index in [0.717, 1.165) is 40.8 Å². The van der Waals surface area contributed by atoms with Crippen LogP contribution in [0.3, 0.4) is 0 Å². The number of imidazole rings is 1. The molecule has 11 nitrogen and oxygen atoms in total. The van der Waals surface area contributed by atoms with Crippen LogP contribution in [0.15, 0.2) is 30.6 Å². The standard InChI is InChI=1S/C27H34N6O5S/c1-17(19-13-25(34)28-15-19)38-27-26-22(29-16-33(26)20-5-6-20)14-21(30-27)18-4-7-23(24(12-18)37-2)31-8-10-32(11-9-31)39(3,35)36/h4,7,12,14,16-17,19-20H,5-6,8-11,13,15H2,1-3H3,(H,28,34). The summed E-state index contributed by atoms with van der Waals surface area (Å²) in [7, 11) is -1.57. The van der Waals surface area contributed by atoms with E-state index in [1.54, 1.807) is 7.11 Å². The molecule has 2 saturated heterocycles. The summed E-state index contributed by atoms with van der Waals surface area (Å²) in [4.78, 5) is 23.6. The first-order chi connectivity index (χ1) is 18.7. The van der Waals surface area contributed by atoms with Crippen LogP contribution in [0.1, 0.15) is 32.2 Å². The fourth-order valence-electron chi connectivity index (χ4n) is 5.48. The van der Waals surface area contributed by atoms with Gasteiger partial charge in [0.1, 0.15) is 17.4 Å². The third kappa shape index (κ3) is 5.14. The Kier molecular flexibility index (Phi) is 6.62. The fraction of sp³-hybridized carbons (Fsp3) is 0.519. The fourth-order valence-corrected chi connectivity index (χ4v) is 6.30. The number of carbonyl (C=O) groups excluding carboxylic acids is 1. The Morgan fingerprint density at radius 2 is 1.90 bits per heavy atom. The number of aromatic nitrogens is 3. The Balaban J connectivity index is 1.32. The highest BCUT2D eigenvalue weighted by Crippen LogP contribution is 2.41. The lowest BCUT2D eigenvalue weighted by Gasteiger charge is -2.35. The maximum Gasteiger partial charge on any atom is 0.241 e. The van der Waals surface area contributed by atoms with Gasteiger partial charge in [-0.15, -0.1) is 0 Å². The molecule has 4 heterocycles. The molecule has 208 valence electrons. The first-order valence-corrected chi connectivity index (χ1v) is 15.3. The molecule has 1 aromatic carbocycles. The Hall–Kier alpha value is -3.38. The second-order valence-corrected chi connectivity index (χ2v) is 12.7. The SMILES string of the molecule is COc1cc(-c2cc3ncn(C4CC4)c3c(OC(C)C3CNC(=O)C3)n2)ccc1N1CCN(S(C)(=O)=O)CC1. The molecule has 6 rings (SSSR count). The van der Waals surface area contributed by atoms with Crippen LogP contribution in [-0.2, 0) is 14.8 Å². The molecule has 3 aromatic rings. The van der Waals surface area contributed by atoms with Crippen molar-refractivity contribution in [2.24, 2.45) is 5.92 Å². The number of methoxy groups -OCH3 is 1. The van der Waals surface area contributed by atoms with Crippen molar-refractivity contribution < 1.29 is 22.7 Å². The number of ether oxygens (including phenoxy) is 2. The zero-order chi connectivity index (χ0) is 27.3. The molecule has 1 saturated carbocycles. The lowest BCUT2D eigenvalue weighted by atomic mass is 10.0. The van der Waals surface area contributed by atoms with Gasteiger partial charge in [0.2, 0.25) is 21.8 Å². The summed E-state index contributed by atoms with van der Waals surface area (Å²) in [6, 6.07) is 8.35. The molecule has 2 unspecified atom stereocenters. The number of piperazine rings is 1. The number of hydrogen-bond donors (Lipinski definition) is 1. The van der Waals surface area contributed by atoms with E-state index in [-0.39, 0.29) is 17.9 Å². The molecule has 1 amide bonds. The van der Waals surface area contributed by atoms with Crippen molar-refractivity contribution in [3.05, 3.63) is 30.6 Å². The van der Waals surface area contributed by atoms with E-state index < -0.39 is 10.0 Å². The highest BCUT2D eigenvalue weighted by atomic mass is 32.2. The minimum Gasteiger partial charge on any atom is -0.495 e. The van der Waals surface area contributed by atoms with Gasteiger partial charge in [0.15, 0.2) is 0 Å². The highest BCUT2D eigenvalue weighted by Gasteiger charge is 2.31. The highest BCUT2D eigenvalue weighted by molar-refractivity contribution is 7.88. The molecule has 3 fully saturated rings. The van der Waals surface area contributed by atoms with Crippen LogP contribution in [-0.4, -0.2) is 85.4 Å². The van der Waals surface area contributed by atoms with Gasteiger partial charge in [-0.05, 0) is 38.0 Å². The topological polar surface area (TPSA) is 119 Å². The van der Waals surface area contributed by atoms with Crippen molar-refractivity contribution in [3.8, 4) is 22.9 Å². The number of rotatable bonds is 8. The van der Waals surface area contributed by atoms with Gasteiger partial charge < -0.3 is 24.3 Å². The Morgan fingerprint density at radius 3 is 2.54 bits per heavy atom. The number of fused-ring (bicyclic) bond motifs is 1. The van der Waals surface area contributed by atoms with Crippen molar-refractivity contribution in [2.45, 2.75) is 38.3 Å². The summed E-state index contributed by atoms with van der Waals surface area (Å²) in [5.41, 5.74) is 4.20. The largest absolute Gasteiger partial charge is 0.495 e. The molecule has 0 spiro atoms. The molecule has 39 heavy (non-hydrogen) atoms. The number of amides is 1. The Morgan fingerprint density at radius 1 is 1.13 bits per heavy atom. The molecule has 1 aliphatic carbocycles. The van der Waals surface area contributed by atoms with Gasteiger partial charge in [-0.25, -0.2) is 18.4 Å². The maximum absolute atomic E-state index is 11.9. The number of anilines is 1. The third-order valence-electron chi connectivity index (χ3n) is 7.95. The maximum atomic E-state index is 11.9. The zero-order valence-electron chi connectivity index (χ0n) is 22.5. The predicted molar refractivity (Wildman–Crippen MR) is 148 cm³/mol. The van der Waals surface area contributed by atoms with Crippen LogP contribution in [0, 0.1) is 5.92 Å². The molecule has 12 heteroatoms. The Labute approximate surface area is 228 Å². The van der Waals surface area contributed by atoms with E-state index >= 15 is 0 Å². The molecule has 2 aliphatic heterocycles. The van der Waals surface area contributed by atoms with Gasteiger partial charge >= 0.3 is 0 Å². The average Bonchev–Trinajstić information content (AvgIpc) is 3.52. The molecule has 0 bridgehead atoms. The minimum absolute atomic E-state index is 0.0512. The second kappa shape index (κ2) is 9.98. The summed E-state index contributed by atoms with van der Waals surface area (Å²) >= 11 is 0. The molecule has 2 aromatic heterocycles. The van der Waals surface area contributed by atoms with Gasteiger partial charge in [0.05, 0.1) is 36.6 Å². The van der Waals surface area contributed by atoms with E-state index in [4.69, 9.17) is 14.5 Å². The van der Waals surface area contributed by atoms with Gasteiger partial charge in [-0.3, -0.25) is 4.79 Å². The van der Waals surface area contributed by atoms with Crippen molar-refractivity contribution in [1.82, 2.24) is 24.2 Å². The number of benzene rings is 1. The quantitative estimate of drug-likeness (QED) is 0.451. The van der Waals surface area contributed by atoms with E-state index in [1.165, 1.54) is 10.6 Å². The molecule has 1 N–H and O–H groups in total. The molecule has 0 radical (unpaired) electrons. The van der Waals surface area contributed by atoms with Gasteiger partial charge in [-0.2, -0.15) is 4.31 Å². The van der Waals surface area contributed by atoms with Crippen molar-refractivity contribution in [3.63, 3.8) is 0 Å². The normalized spacial score (nSPS) is 21.3. The van der Waals surface area contributed by atoms with E-state index in [1.807, 2.05) is 37.5 Å². The van der Waals surface area contributed by atoms with Crippen LogP contribution in [0.25, 0.3) is 22.3 Å². The van der Waals surface area contributed by atoms with Crippen molar-refractivity contribution in [2.75, 3.05) is 51.0 Å². The number of sulfonamides is 1. The van der Waals surface area contributed by atoms with E-state index in [9.17, 15) is 13.2 Å². The summed E-state index contributed by atoms with van der Waals surface area (Å²) in [5.74, 6) is 1.35. The van der Waals surface area contributed by atoms with Crippen LogP contribution >= 0.6 is 0 Å². The summed E-state index contributed by atoms with van der Waals surface area (Å²) in [5, 5.41) is 2.89. The first-order valence-electron chi connectivity index (χ1n) is 13.4. The Bertz CT molecular complexity index is 1510. The summed E-state index contributed by atoms with van der Waals surface area (Å²) < 4.78 is 39.7. The van der Waals surface area contributed by atoms with Crippen molar-refractivity contribution >= 4 is 32.7 Å². The van der Waals surface area contributed by atoms with Gasteiger partial charge in [0.25, 0.3) is 0 Å². The van der Waals surface area contributed by atoms with Crippen LogP contribution in [0.2, 0.25) is 0 Å². The summed E-state index contributed by atoms with van der Waals surface area (Å²) in [6.45, 7) is 4.63. The van der Waals surface area contributed by atoms with Crippen LogP contribution in [0.5, 0.6) is 11.6 Å². The number of nitrogens with zero attached hydrogens (tertiary/aromatic N) is 5. The monoisotopic (exact) mass is 554 g/mol. The van der Waals surface area contributed by atoms with Crippen LogP contribution < -0.4 is 19.7 Å². The number of carbonyl (C=O) groups is 1. The number of pyridine rings is 1. The summed E-state index contributed by atoms with van der Waals surface area (Å²) in [6.07, 6.45) is 5.59. The third-order valence-corrected chi connectivity index (χ3v) is 9.26. The second-order valence-electron chi connectivity index (χ2n) is 10.7. The zero-order valence-corrected chi connectivity index (χ0v) is 23.3. The van der Waals surface area contributed by atoms with Gasteiger partial charge in [0, 0.05) is 56.7 Å². The smallest absolute Gasteiger partial charge is 0.241 e. The molecular formula is C27H34N6O5S. The molecule has 2 atom stereocenters. The lowest BCUT2D eigenvalue weighted by molar-refractivity contribution is -0.119. The van der Waals surface area contributed by atoms with Gasteiger partial charge in [-0.1, -0.05) is 6.07 Å². The average molecular weight is 555 g/mol.